The van der Waals surface area contributed by atoms with Crippen molar-refractivity contribution in [3.05, 3.63) is 71.3 Å². The van der Waals surface area contributed by atoms with Crippen molar-refractivity contribution in [2.24, 2.45) is 0 Å². The van der Waals surface area contributed by atoms with Gasteiger partial charge < -0.3 is 4.74 Å². The molecule has 0 bridgehead atoms. The molecule has 1 fully saturated rings. The number of ether oxygens (including phenoxy) is 1. The van der Waals surface area contributed by atoms with Crippen molar-refractivity contribution in [2.45, 2.75) is 30.4 Å². The van der Waals surface area contributed by atoms with Gasteiger partial charge in [-0.2, -0.15) is 5.26 Å². The molecule has 3 rings (SSSR count). The van der Waals surface area contributed by atoms with E-state index in [2.05, 4.69) is 18.2 Å². The summed E-state index contributed by atoms with van der Waals surface area (Å²) in [5.74, 6) is 0. The first-order valence-corrected chi connectivity index (χ1v) is 7.54. The normalized spacial score (nSPS) is 25.2. The highest BCUT2D eigenvalue weighted by molar-refractivity contribution is 6.20. The monoisotopic (exact) mass is 297 g/mol. The third kappa shape index (κ3) is 3.26. The van der Waals surface area contributed by atoms with Gasteiger partial charge in [-0.3, -0.25) is 0 Å². The molecule has 21 heavy (non-hydrogen) atoms. The van der Waals surface area contributed by atoms with E-state index in [9.17, 15) is 0 Å². The smallest absolute Gasteiger partial charge is 0.0991 e. The maximum atomic E-state index is 8.87. The van der Waals surface area contributed by atoms with Crippen LogP contribution in [0.4, 0.5) is 0 Å². The quantitative estimate of drug-likeness (QED) is 0.749. The standard InChI is InChI=1S/C18H16ClNO/c19-16-10-17(14-4-2-1-3-5-14)21-18(11-16)15-8-6-13(12-20)7-9-15/h1-9,16-18H,10-11H2. The Hall–Kier alpha value is -1.82. The summed E-state index contributed by atoms with van der Waals surface area (Å²) in [4.78, 5) is 0. The molecule has 0 amide bonds. The average molecular weight is 298 g/mol. The predicted molar refractivity (Wildman–Crippen MR) is 83.0 cm³/mol. The Morgan fingerprint density at radius 1 is 0.905 bits per heavy atom. The van der Waals surface area contributed by atoms with Gasteiger partial charge in [0.2, 0.25) is 0 Å². The van der Waals surface area contributed by atoms with E-state index >= 15 is 0 Å². The van der Waals surface area contributed by atoms with Crippen molar-refractivity contribution in [3.63, 3.8) is 0 Å². The van der Waals surface area contributed by atoms with Crippen LogP contribution >= 0.6 is 11.6 Å². The van der Waals surface area contributed by atoms with Gasteiger partial charge in [-0.1, -0.05) is 42.5 Å². The van der Waals surface area contributed by atoms with Crippen LogP contribution in [0.15, 0.2) is 54.6 Å². The van der Waals surface area contributed by atoms with Gasteiger partial charge in [0.25, 0.3) is 0 Å². The second kappa shape index (κ2) is 6.30. The lowest BCUT2D eigenvalue weighted by Crippen LogP contribution is -2.23. The van der Waals surface area contributed by atoms with Crippen LogP contribution in [0.3, 0.4) is 0 Å². The highest BCUT2D eigenvalue weighted by Crippen LogP contribution is 2.40. The highest BCUT2D eigenvalue weighted by atomic mass is 35.5. The third-order valence-corrected chi connectivity index (χ3v) is 4.21. The molecule has 106 valence electrons. The second-order valence-electron chi connectivity index (χ2n) is 5.33. The van der Waals surface area contributed by atoms with E-state index in [-0.39, 0.29) is 17.6 Å². The molecule has 1 saturated heterocycles. The van der Waals surface area contributed by atoms with Crippen LogP contribution in [0.2, 0.25) is 0 Å². The summed E-state index contributed by atoms with van der Waals surface area (Å²) in [6.45, 7) is 0. The fourth-order valence-corrected chi connectivity index (χ4v) is 3.06. The number of nitrogens with zero attached hydrogens (tertiary/aromatic N) is 1. The van der Waals surface area contributed by atoms with Crippen molar-refractivity contribution < 1.29 is 4.74 Å². The van der Waals surface area contributed by atoms with Crippen molar-refractivity contribution in [3.8, 4) is 6.07 Å². The summed E-state index contributed by atoms with van der Waals surface area (Å²) in [6, 6.07) is 19.9. The molecule has 1 heterocycles. The second-order valence-corrected chi connectivity index (χ2v) is 5.94. The highest BCUT2D eigenvalue weighted by Gasteiger charge is 2.30. The third-order valence-electron chi connectivity index (χ3n) is 3.85. The molecule has 0 aromatic heterocycles. The summed E-state index contributed by atoms with van der Waals surface area (Å²) >= 11 is 6.43. The minimum absolute atomic E-state index is 0.0146. The van der Waals surface area contributed by atoms with Crippen LogP contribution in [0.1, 0.15) is 41.7 Å². The topological polar surface area (TPSA) is 33.0 Å². The number of rotatable bonds is 2. The number of hydrogen-bond donors (Lipinski definition) is 0. The first-order valence-electron chi connectivity index (χ1n) is 7.11. The lowest BCUT2D eigenvalue weighted by Gasteiger charge is -2.33. The van der Waals surface area contributed by atoms with Gasteiger partial charge in [0, 0.05) is 5.38 Å². The van der Waals surface area contributed by atoms with Crippen LogP contribution in [0.5, 0.6) is 0 Å². The fraction of sp³-hybridized carbons (Fsp3) is 0.278. The molecule has 2 aromatic rings. The van der Waals surface area contributed by atoms with Crippen LogP contribution in [0.25, 0.3) is 0 Å². The van der Waals surface area contributed by atoms with Crippen LogP contribution in [-0.2, 0) is 4.74 Å². The van der Waals surface area contributed by atoms with Gasteiger partial charge in [0.05, 0.1) is 23.8 Å². The van der Waals surface area contributed by atoms with Gasteiger partial charge in [-0.15, -0.1) is 11.6 Å². The number of hydrogen-bond acceptors (Lipinski definition) is 2. The van der Waals surface area contributed by atoms with Gasteiger partial charge in [-0.25, -0.2) is 0 Å². The Bertz CT molecular complexity index is 633. The Morgan fingerprint density at radius 3 is 2.05 bits per heavy atom. The summed E-state index contributed by atoms with van der Waals surface area (Å²) in [7, 11) is 0. The molecule has 0 radical (unpaired) electrons. The average Bonchev–Trinajstić information content (AvgIpc) is 2.55. The zero-order valence-corrected chi connectivity index (χ0v) is 12.3. The van der Waals surface area contributed by atoms with Gasteiger partial charge in [0.1, 0.15) is 0 Å². The van der Waals surface area contributed by atoms with Gasteiger partial charge in [0.15, 0.2) is 0 Å². The molecule has 3 atom stereocenters. The SMILES string of the molecule is N#Cc1ccc(C2CC(Cl)CC(c3ccccc3)O2)cc1. The Kier molecular flexibility index (Phi) is 4.24. The summed E-state index contributed by atoms with van der Waals surface area (Å²) in [5.41, 5.74) is 2.92. The number of halogens is 1. The van der Waals surface area contributed by atoms with Crippen molar-refractivity contribution in [1.29, 1.82) is 5.26 Å². The molecule has 2 aromatic carbocycles. The minimum Gasteiger partial charge on any atom is -0.365 e. The summed E-state index contributed by atoms with van der Waals surface area (Å²) in [6.07, 6.45) is 1.65. The molecule has 0 saturated carbocycles. The van der Waals surface area contributed by atoms with Crippen LogP contribution in [-0.4, -0.2) is 5.38 Å². The van der Waals surface area contributed by atoms with Gasteiger partial charge >= 0.3 is 0 Å². The maximum Gasteiger partial charge on any atom is 0.0991 e. The molecular formula is C18H16ClNO. The molecule has 0 N–H and O–H groups in total. The Labute approximate surface area is 129 Å². The van der Waals surface area contributed by atoms with E-state index in [1.54, 1.807) is 0 Å². The lowest BCUT2D eigenvalue weighted by atomic mass is 9.94. The molecule has 3 unspecified atom stereocenters. The van der Waals surface area contributed by atoms with Crippen molar-refractivity contribution in [2.75, 3.05) is 0 Å². The number of alkyl halides is 1. The molecule has 3 heteroatoms. The van der Waals surface area contributed by atoms with E-state index in [0.717, 1.165) is 18.4 Å². The van der Waals surface area contributed by atoms with Crippen LogP contribution < -0.4 is 0 Å². The zero-order chi connectivity index (χ0) is 14.7. The molecule has 0 spiro atoms. The fourth-order valence-electron chi connectivity index (χ4n) is 2.74. The first-order chi connectivity index (χ1) is 10.3. The summed E-state index contributed by atoms with van der Waals surface area (Å²) < 4.78 is 6.24. The largest absolute Gasteiger partial charge is 0.365 e. The number of benzene rings is 2. The van der Waals surface area contributed by atoms with E-state index in [1.807, 2.05) is 42.5 Å². The first kappa shape index (κ1) is 14.1. The van der Waals surface area contributed by atoms with E-state index < -0.39 is 0 Å². The molecule has 2 nitrogen and oxygen atoms in total. The lowest BCUT2D eigenvalue weighted by molar-refractivity contribution is -0.0516. The minimum atomic E-state index is -0.0146. The van der Waals surface area contributed by atoms with Crippen LogP contribution in [0, 0.1) is 11.3 Å². The van der Waals surface area contributed by atoms with E-state index in [4.69, 9.17) is 21.6 Å². The van der Waals surface area contributed by atoms with E-state index in [1.165, 1.54) is 5.56 Å². The van der Waals surface area contributed by atoms with Gasteiger partial charge in [-0.05, 0) is 36.1 Å². The molecule has 1 aliphatic rings. The molecule has 0 aliphatic carbocycles. The Balaban J connectivity index is 1.81. The Morgan fingerprint density at radius 2 is 1.48 bits per heavy atom. The number of nitriles is 1. The van der Waals surface area contributed by atoms with Crippen molar-refractivity contribution in [1.82, 2.24) is 0 Å². The molecule has 1 aliphatic heterocycles. The zero-order valence-electron chi connectivity index (χ0n) is 11.6. The predicted octanol–water partition coefficient (Wildman–Crippen LogP) is 4.76. The summed E-state index contributed by atoms with van der Waals surface area (Å²) in [5, 5.41) is 8.97. The molecular weight excluding hydrogens is 282 g/mol. The maximum absolute atomic E-state index is 8.87. The van der Waals surface area contributed by atoms with E-state index in [0.29, 0.717) is 5.56 Å². The van der Waals surface area contributed by atoms with Crippen molar-refractivity contribution >= 4 is 11.6 Å².